The minimum atomic E-state index is 0.644. The maximum Gasteiger partial charge on any atom is 0.151 e. The fraction of sp³-hybridized carbons (Fsp3) is 0.632. The lowest BCUT2D eigenvalue weighted by molar-refractivity contribution is 0.213. The number of aromatic nitrogens is 4. The van der Waals surface area contributed by atoms with Crippen molar-refractivity contribution >= 4 is 5.82 Å². The monoisotopic (exact) mass is 355 g/mol. The van der Waals surface area contributed by atoms with Gasteiger partial charge in [0.25, 0.3) is 0 Å². The van der Waals surface area contributed by atoms with E-state index in [-0.39, 0.29) is 0 Å². The van der Waals surface area contributed by atoms with Crippen molar-refractivity contribution in [1.29, 1.82) is 0 Å². The molecule has 0 aliphatic carbocycles. The molecular weight excluding hydrogens is 326 g/mol. The number of nitrogens with one attached hydrogen (secondary N) is 1. The first-order chi connectivity index (χ1) is 12.8. The average molecular weight is 355 g/mol. The van der Waals surface area contributed by atoms with Gasteiger partial charge in [-0.25, -0.2) is 4.98 Å². The SMILES string of the molecule is CN(Cc1ccc(N2CC(Cn3ccnc3)C2)nn1)C1CCCNCC1. The number of imidazole rings is 1. The molecule has 0 aromatic carbocycles. The fourth-order valence-corrected chi connectivity index (χ4v) is 4.00. The highest BCUT2D eigenvalue weighted by molar-refractivity contribution is 5.40. The lowest BCUT2D eigenvalue weighted by Crippen LogP contribution is -2.49. The topological polar surface area (TPSA) is 62.1 Å². The molecule has 140 valence electrons. The molecule has 1 atom stereocenters. The molecule has 1 N–H and O–H groups in total. The molecule has 4 heterocycles. The number of nitrogens with zero attached hydrogens (tertiary/aromatic N) is 6. The smallest absolute Gasteiger partial charge is 0.151 e. The van der Waals surface area contributed by atoms with E-state index in [1.54, 1.807) is 0 Å². The minimum Gasteiger partial charge on any atom is -0.354 e. The van der Waals surface area contributed by atoms with Crippen LogP contribution in [0, 0.1) is 5.92 Å². The molecule has 0 bridgehead atoms. The molecule has 2 aliphatic heterocycles. The summed E-state index contributed by atoms with van der Waals surface area (Å²) in [6.45, 7) is 6.26. The standard InChI is InChI=1S/C19H29N7/c1-24(18-3-2-7-20-8-6-18)14-17-4-5-19(23-22-17)26-12-16(13-26)11-25-10-9-21-15-25/h4-5,9-10,15-16,18,20H,2-3,6-8,11-14H2,1H3. The fourth-order valence-electron chi connectivity index (χ4n) is 4.00. The Morgan fingerprint density at radius 3 is 2.88 bits per heavy atom. The van der Waals surface area contributed by atoms with Crippen molar-refractivity contribution in [2.75, 3.05) is 38.1 Å². The maximum atomic E-state index is 4.48. The van der Waals surface area contributed by atoms with Crippen LogP contribution in [-0.4, -0.2) is 63.9 Å². The molecule has 2 fully saturated rings. The summed E-state index contributed by atoms with van der Waals surface area (Å²) in [5.74, 6) is 1.66. The second kappa shape index (κ2) is 8.14. The van der Waals surface area contributed by atoms with Crippen LogP contribution in [0.5, 0.6) is 0 Å². The summed E-state index contributed by atoms with van der Waals surface area (Å²) in [5.41, 5.74) is 1.06. The molecule has 1 unspecified atom stereocenters. The van der Waals surface area contributed by atoms with E-state index < -0.39 is 0 Å². The minimum absolute atomic E-state index is 0.644. The molecule has 0 spiro atoms. The molecule has 0 radical (unpaired) electrons. The third-order valence-electron chi connectivity index (χ3n) is 5.60. The van der Waals surface area contributed by atoms with E-state index in [9.17, 15) is 0 Å². The molecule has 2 saturated heterocycles. The van der Waals surface area contributed by atoms with Crippen molar-refractivity contribution in [3.63, 3.8) is 0 Å². The van der Waals surface area contributed by atoms with E-state index in [1.807, 2.05) is 18.7 Å². The van der Waals surface area contributed by atoms with Crippen LogP contribution in [0.25, 0.3) is 0 Å². The van der Waals surface area contributed by atoms with Crippen LogP contribution in [0.15, 0.2) is 30.9 Å². The predicted octanol–water partition coefficient (Wildman–Crippen LogP) is 1.38. The van der Waals surface area contributed by atoms with Gasteiger partial charge in [0.05, 0.1) is 12.0 Å². The van der Waals surface area contributed by atoms with Crippen molar-refractivity contribution in [1.82, 2.24) is 30.0 Å². The highest BCUT2D eigenvalue weighted by atomic mass is 15.3. The van der Waals surface area contributed by atoms with Crippen LogP contribution in [0.1, 0.15) is 25.0 Å². The Morgan fingerprint density at radius 2 is 2.12 bits per heavy atom. The Bertz CT molecular complexity index is 656. The molecular formula is C19H29N7. The van der Waals surface area contributed by atoms with E-state index in [4.69, 9.17) is 0 Å². The Balaban J connectivity index is 1.26. The number of hydrogen-bond donors (Lipinski definition) is 1. The van der Waals surface area contributed by atoms with Gasteiger partial charge in [-0.3, -0.25) is 4.90 Å². The molecule has 26 heavy (non-hydrogen) atoms. The van der Waals surface area contributed by atoms with Gasteiger partial charge in [0.2, 0.25) is 0 Å². The van der Waals surface area contributed by atoms with Gasteiger partial charge < -0.3 is 14.8 Å². The van der Waals surface area contributed by atoms with Gasteiger partial charge in [-0.15, -0.1) is 5.10 Å². The van der Waals surface area contributed by atoms with Crippen molar-refractivity contribution in [3.8, 4) is 0 Å². The van der Waals surface area contributed by atoms with Crippen LogP contribution in [0.2, 0.25) is 0 Å². The van der Waals surface area contributed by atoms with Crippen LogP contribution in [0.4, 0.5) is 5.82 Å². The Morgan fingerprint density at radius 1 is 1.19 bits per heavy atom. The lowest BCUT2D eigenvalue weighted by Gasteiger charge is -2.40. The zero-order chi connectivity index (χ0) is 17.8. The summed E-state index contributed by atoms with van der Waals surface area (Å²) >= 11 is 0. The summed E-state index contributed by atoms with van der Waals surface area (Å²) in [5, 5.41) is 12.4. The van der Waals surface area contributed by atoms with E-state index >= 15 is 0 Å². The van der Waals surface area contributed by atoms with Crippen molar-refractivity contribution in [2.24, 2.45) is 5.92 Å². The summed E-state index contributed by atoms with van der Waals surface area (Å²) < 4.78 is 2.15. The molecule has 0 amide bonds. The third kappa shape index (κ3) is 4.22. The largest absolute Gasteiger partial charge is 0.354 e. The lowest BCUT2D eigenvalue weighted by atomic mass is 10.0. The molecule has 2 aromatic rings. The van der Waals surface area contributed by atoms with Crippen LogP contribution >= 0.6 is 0 Å². The zero-order valence-corrected chi connectivity index (χ0v) is 15.6. The van der Waals surface area contributed by atoms with Gasteiger partial charge in [-0.2, -0.15) is 5.10 Å². The highest BCUT2D eigenvalue weighted by Gasteiger charge is 2.28. The van der Waals surface area contributed by atoms with Gasteiger partial charge in [0.15, 0.2) is 5.82 Å². The number of anilines is 1. The van der Waals surface area contributed by atoms with Gasteiger partial charge in [-0.05, 0) is 51.5 Å². The van der Waals surface area contributed by atoms with E-state index in [0.717, 1.165) is 50.8 Å². The summed E-state index contributed by atoms with van der Waals surface area (Å²) in [6.07, 6.45) is 9.49. The third-order valence-corrected chi connectivity index (χ3v) is 5.60. The van der Waals surface area contributed by atoms with Gasteiger partial charge in [0.1, 0.15) is 0 Å². The second-order valence-corrected chi connectivity index (χ2v) is 7.66. The van der Waals surface area contributed by atoms with Crippen molar-refractivity contribution in [3.05, 3.63) is 36.5 Å². The first kappa shape index (κ1) is 17.4. The van der Waals surface area contributed by atoms with Crippen LogP contribution in [-0.2, 0) is 13.1 Å². The quantitative estimate of drug-likeness (QED) is 0.845. The molecule has 2 aromatic heterocycles. The second-order valence-electron chi connectivity index (χ2n) is 7.66. The molecule has 4 rings (SSSR count). The Hall–Kier alpha value is -1.99. The van der Waals surface area contributed by atoms with E-state index in [1.165, 1.54) is 19.3 Å². The van der Waals surface area contributed by atoms with E-state index in [0.29, 0.717) is 12.0 Å². The molecule has 7 nitrogen and oxygen atoms in total. The maximum absolute atomic E-state index is 4.48. The number of rotatable bonds is 6. The summed E-state index contributed by atoms with van der Waals surface area (Å²) in [4.78, 5) is 8.84. The van der Waals surface area contributed by atoms with Crippen molar-refractivity contribution in [2.45, 2.75) is 38.4 Å². The van der Waals surface area contributed by atoms with Crippen molar-refractivity contribution < 1.29 is 0 Å². The highest BCUT2D eigenvalue weighted by Crippen LogP contribution is 2.23. The van der Waals surface area contributed by atoms with Gasteiger partial charge in [0, 0.05) is 50.5 Å². The van der Waals surface area contributed by atoms with Gasteiger partial charge >= 0.3 is 0 Å². The Kier molecular flexibility index (Phi) is 5.45. The van der Waals surface area contributed by atoms with Crippen LogP contribution < -0.4 is 10.2 Å². The predicted molar refractivity (Wildman–Crippen MR) is 102 cm³/mol. The van der Waals surface area contributed by atoms with Crippen LogP contribution in [0.3, 0.4) is 0 Å². The molecule has 2 aliphatic rings. The Labute approximate surface area is 155 Å². The molecule has 0 saturated carbocycles. The first-order valence-corrected chi connectivity index (χ1v) is 9.72. The zero-order valence-electron chi connectivity index (χ0n) is 15.6. The summed E-state index contributed by atoms with van der Waals surface area (Å²) in [7, 11) is 2.21. The van der Waals surface area contributed by atoms with Gasteiger partial charge in [-0.1, -0.05) is 0 Å². The number of hydrogen-bond acceptors (Lipinski definition) is 6. The van der Waals surface area contributed by atoms with E-state index in [2.05, 4.69) is 54.0 Å². The average Bonchev–Trinajstić information content (AvgIpc) is 2.98. The summed E-state index contributed by atoms with van der Waals surface area (Å²) in [6, 6.07) is 4.90. The normalized spacial score (nSPS) is 21.6. The first-order valence-electron chi connectivity index (χ1n) is 9.72. The molecule has 7 heteroatoms.